The molecule has 0 fully saturated rings. The molecule has 102 valence electrons. The summed E-state index contributed by atoms with van der Waals surface area (Å²) in [6, 6.07) is 7.97. The molecule has 0 aliphatic rings. The fourth-order valence-corrected chi connectivity index (χ4v) is 2.99. The van der Waals surface area contributed by atoms with Gasteiger partial charge in [0.1, 0.15) is 0 Å². The van der Waals surface area contributed by atoms with E-state index in [1.807, 2.05) is 25.1 Å². The molecule has 0 aliphatic carbocycles. The molecule has 0 saturated carbocycles. The van der Waals surface area contributed by atoms with Crippen LogP contribution < -0.4 is 4.72 Å². The first kappa shape index (κ1) is 15.2. The Bertz CT molecular complexity index is 487. The van der Waals surface area contributed by atoms with Crippen LogP contribution in [0.4, 0.5) is 0 Å². The number of rotatable bonds is 5. The van der Waals surface area contributed by atoms with E-state index in [0.29, 0.717) is 13.0 Å². The maximum absolute atomic E-state index is 11.7. The van der Waals surface area contributed by atoms with E-state index in [2.05, 4.69) is 31.6 Å². The molecule has 0 bridgehead atoms. The van der Waals surface area contributed by atoms with E-state index in [1.54, 1.807) is 0 Å². The van der Waals surface area contributed by atoms with Crippen LogP contribution in [0.1, 0.15) is 45.2 Å². The predicted molar refractivity (Wildman–Crippen MR) is 76.1 cm³/mol. The van der Waals surface area contributed by atoms with Crippen molar-refractivity contribution in [3.63, 3.8) is 0 Å². The molecule has 0 radical (unpaired) electrons. The average molecular weight is 269 g/mol. The first-order valence-corrected chi connectivity index (χ1v) is 7.97. The quantitative estimate of drug-likeness (QED) is 0.893. The summed E-state index contributed by atoms with van der Waals surface area (Å²) in [5.74, 6) is 0.185. The zero-order chi connectivity index (χ0) is 13.8. The molecule has 0 aliphatic heterocycles. The molecule has 0 saturated heterocycles. The highest BCUT2D eigenvalue weighted by Crippen LogP contribution is 2.25. The highest BCUT2D eigenvalue weighted by atomic mass is 32.2. The molecule has 0 unspecified atom stereocenters. The maximum atomic E-state index is 11.7. The van der Waals surface area contributed by atoms with Crippen molar-refractivity contribution in [3.05, 3.63) is 35.4 Å². The van der Waals surface area contributed by atoms with E-state index in [0.717, 1.165) is 5.56 Å². The highest BCUT2D eigenvalue weighted by Gasteiger charge is 2.18. The molecule has 18 heavy (non-hydrogen) atoms. The van der Waals surface area contributed by atoms with Crippen LogP contribution in [-0.2, 0) is 22.0 Å². The summed E-state index contributed by atoms with van der Waals surface area (Å²) >= 11 is 0. The van der Waals surface area contributed by atoms with Crippen molar-refractivity contribution in [1.82, 2.24) is 4.72 Å². The van der Waals surface area contributed by atoms with Gasteiger partial charge in [-0.1, -0.05) is 52.0 Å². The summed E-state index contributed by atoms with van der Waals surface area (Å²) in [5.41, 5.74) is 2.25. The molecule has 0 aromatic heterocycles. The van der Waals surface area contributed by atoms with Crippen molar-refractivity contribution in [2.24, 2.45) is 0 Å². The van der Waals surface area contributed by atoms with Crippen molar-refractivity contribution in [2.75, 3.05) is 5.75 Å². The van der Waals surface area contributed by atoms with E-state index in [4.69, 9.17) is 0 Å². The van der Waals surface area contributed by atoms with E-state index >= 15 is 0 Å². The topological polar surface area (TPSA) is 46.2 Å². The number of hydrogen-bond donors (Lipinski definition) is 1. The van der Waals surface area contributed by atoms with Crippen molar-refractivity contribution in [2.45, 2.75) is 46.1 Å². The molecular formula is C14H23NO2S. The van der Waals surface area contributed by atoms with E-state index in [-0.39, 0.29) is 11.2 Å². The van der Waals surface area contributed by atoms with Crippen LogP contribution in [0.15, 0.2) is 24.3 Å². The second kappa shape index (κ2) is 5.85. The maximum Gasteiger partial charge on any atom is 0.211 e. The minimum atomic E-state index is -3.14. The number of hydrogen-bond acceptors (Lipinski definition) is 2. The summed E-state index contributed by atoms with van der Waals surface area (Å²) < 4.78 is 26.0. The van der Waals surface area contributed by atoms with Crippen molar-refractivity contribution >= 4 is 10.0 Å². The minimum absolute atomic E-state index is 0.0206. The number of benzene rings is 1. The molecule has 0 heterocycles. The van der Waals surface area contributed by atoms with Gasteiger partial charge in [-0.15, -0.1) is 0 Å². The van der Waals surface area contributed by atoms with Crippen LogP contribution in [0.3, 0.4) is 0 Å². The molecule has 1 rings (SSSR count). The Balaban J connectivity index is 2.86. The van der Waals surface area contributed by atoms with Gasteiger partial charge in [0.15, 0.2) is 0 Å². The predicted octanol–water partition coefficient (Wildman–Crippen LogP) is 2.81. The molecule has 1 N–H and O–H groups in total. The monoisotopic (exact) mass is 269 g/mol. The van der Waals surface area contributed by atoms with Gasteiger partial charge < -0.3 is 0 Å². The largest absolute Gasteiger partial charge is 0.212 e. The van der Waals surface area contributed by atoms with Crippen LogP contribution in [0.5, 0.6) is 0 Å². The standard InChI is InChI=1S/C14H23NO2S/c1-5-10-18(16,17)15-11-12-8-6-7-9-13(12)14(2,3)4/h6-9,15H,5,10-11H2,1-4H3. The summed E-state index contributed by atoms with van der Waals surface area (Å²) in [5, 5.41) is 0. The van der Waals surface area contributed by atoms with Gasteiger partial charge in [0.25, 0.3) is 0 Å². The molecule has 4 heteroatoms. The summed E-state index contributed by atoms with van der Waals surface area (Å²) in [6.45, 7) is 8.63. The molecule has 0 atom stereocenters. The Morgan fingerprint density at radius 1 is 1.17 bits per heavy atom. The van der Waals surface area contributed by atoms with Crippen LogP contribution in [0.2, 0.25) is 0 Å². The Kier molecular flexibility index (Phi) is 4.93. The summed E-state index contributed by atoms with van der Waals surface area (Å²) in [6.07, 6.45) is 0.635. The third-order valence-electron chi connectivity index (χ3n) is 2.78. The lowest BCUT2D eigenvalue weighted by Gasteiger charge is -2.23. The van der Waals surface area contributed by atoms with Gasteiger partial charge in [-0.25, -0.2) is 13.1 Å². The molecule has 3 nitrogen and oxygen atoms in total. The van der Waals surface area contributed by atoms with Crippen molar-refractivity contribution < 1.29 is 8.42 Å². The van der Waals surface area contributed by atoms with Crippen molar-refractivity contribution in [1.29, 1.82) is 0 Å². The highest BCUT2D eigenvalue weighted by molar-refractivity contribution is 7.89. The lowest BCUT2D eigenvalue weighted by molar-refractivity contribution is 0.568. The number of sulfonamides is 1. The molecule has 0 spiro atoms. The van der Waals surface area contributed by atoms with Gasteiger partial charge in [-0.3, -0.25) is 0 Å². The normalized spacial score (nSPS) is 12.7. The van der Waals surface area contributed by atoms with E-state index < -0.39 is 10.0 Å². The Labute approximate surface area is 111 Å². The third-order valence-corrected chi connectivity index (χ3v) is 4.31. The Hall–Kier alpha value is -0.870. The fourth-order valence-electron chi connectivity index (χ4n) is 1.93. The van der Waals surface area contributed by atoms with Crippen molar-refractivity contribution in [3.8, 4) is 0 Å². The van der Waals surface area contributed by atoms with Gasteiger partial charge in [0, 0.05) is 6.54 Å². The lowest BCUT2D eigenvalue weighted by Crippen LogP contribution is -2.27. The molecule has 1 aromatic carbocycles. The second-order valence-corrected chi connectivity index (χ2v) is 7.47. The molecule has 1 aromatic rings. The third kappa shape index (κ3) is 4.42. The van der Waals surface area contributed by atoms with Crippen LogP contribution in [0, 0.1) is 0 Å². The van der Waals surface area contributed by atoms with Crippen LogP contribution in [-0.4, -0.2) is 14.2 Å². The van der Waals surface area contributed by atoms with Gasteiger partial charge >= 0.3 is 0 Å². The average Bonchev–Trinajstić information content (AvgIpc) is 2.26. The number of nitrogens with one attached hydrogen (secondary N) is 1. The smallest absolute Gasteiger partial charge is 0.211 e. The van der Waals surface area contributed by atoms with Crippen LogP contribution in [0.25, 0.3) is 0 Å². The Morgan fingerprint density at radius 3 is 2.33 bits per heavy atom. The summed E-state index contributed by atoms with van der Waals surface area (Å²) in [7, 11) is -3.14. The second-order valence-electron chi connectivity index (χ2n) is 5.55. The first-order valence-electron chi connectivity index (χ1n) is 6.32. The van der Waals surface area contributed by atoms with Gasteiger partial charge in [0.2, 0.25) is 10.0 Å². The van der Waals surface area contributed by atoms with Gasteiger partial charge in [-0.05, 0) is 23.0 Å². The molecular weight excluding hydrogens is 246 g/mol. The fraction of sp³-hybridized carbons (Fsp3) is 0.571. The first-order chi connectivity index (χ1) is 8.26. The van der Waals surface area contributed by atoms with E-state index in [9.17, 15) is 8.42 Å². The van der Waals surface area contributed by atoms with Gasteiger partial charge in [-0.2, -0.15) is 0 Å². The minimum Gasteiger partial charge on any atom is -0.212 e. The summed E-state index contributed by atoms with van der Waals surface area (Å²) in [4.78, 5) is 0. The van der Waals surface area contributed by atoms with Gasteiger partial charge in [0.05, 0.1) is 5.75 Å². The zero-order valence-electron chi connectivity index (χ0n) is 11.7. The lowest BCUT2D eigenvalue weighted by atomic mass is 9.84. The zero-order valence-corrected chi connectivity index (χ0v) is 12.5. The molecule has 0 amide bonds. The SMILES string of the molecule is CCCS(=O)(=O)NCc1ccccc1C(C)(C)C. The van der Waals surface area contributed by atoms with Crippen LogP contribution >= 0.6 is 0 Å². The Morgan fingerprint density at radius 2 is 1.78 bits per heavy atom. The van der Waals surface area contributed by atoms with E-state index in [1.165, 1.54) is 5.56 Å².